The lowest BCUT2D eigenvalue weighted by Gasteiger charge is -1.92. The standard InChI is InChI=1S/C9H11NO/c1-8-2-4-9(5-3-8)10-6-7-11/h2-6,11H,7H2,1H3. The number of aliphatic hydroxyl groups is 1. The van der Waals surface area contributed by atoms with Crippen molar-refractivity contribution in [3.8, 4) is 0 Å². The van der Waals surface area contributed by atoms with Crippen molar-refractivity contribution in [1.29, 1.82) is 0 Å². The van der Waals surface area contributed by atoms with E-state index in [1.54, 1.807) is 0 Å². The molecule has 0 bridgehead atoms. The second-order valence-corrected chi connectivity index (χ2v) is 2.33. The van der Waals surface area contributed by atoms with Gasteiger partial charge in [-0.15, -0.1) is 0 Å². The highest BCUT2D eigenvalue weighted by molar-refractivity contribution is 5.63. The fourth-order valence-electron chi connectivity index (χ4n) is 0.777. The van der Waals surface area contributed by atoms with Crippen molar-refractivity contribution >= 4 is 11.9 Å². The van der Waals surface area contributed by atoms with E-state index in [0.717, 1.165) is 5.69 Å². The van der Waals surface area contributed by atoms with Crippen LogP contribution in [0.4, 0.5) is 5.69 Å². The minimum Gasteiger partial charge on any atom is -0.391 e. The van der Waals surface area contributed by atoms with Crippen molar-refractivity contribution in [3.63, 3.8) is 0 Å². The van der Waals surface area contributed by atoms with E-state index >= 15 is 0 Å². The molecular formula is C9H11NO. The van der Waals surface area contributed by atoms with E-state index in [1.165, 1.54) is 11.8 Å². The van der Waals surface area contributed by atoms with E-state index in [-0.39, 0.29) is 6.61 Å². The summed E-state index contributed by atoms with van der Waals surface area (Å²) in [6, 6.07) is 7.82. The maximum absolute atomic E-state index is 8.43. The summed E-state index contributed by atoms with van der Waals surface area (Å²) in [6.45, 7) is 2.02. The zero-order chi connectivity index (χ0) is 8.10. The number of aliphatic imine (C=N–C) groups is 1. The average molecular weight is 149 g/mol. The summed E-state index contributed by atoms with van der Waals surface area (Å²) < 4.78 is 0. The summed E-state index contributed by atoms with van der Waals surface area (Å²) in [5.41, 5.74) is 2.09. The minimum atomic E-state index is -0.00607. The Labute approximate surface area is 66.2 Å². The van der Waals surface area contributed by atoms with Crippen LogP contribution in [0.3, 0.4) is 0 Å². The largest absolute Gasteiger partial charge is 0.391 e. The highest BCUT2D eigenvalue weighted by atomic mass is 16.2. The molecule has 0 radical (unpaired) electrons. The molecule has 0 spiro atoms. The summed E-state index contributed by atoms with van der Waals surface area (Å²) in [5, 5.41) is 8.43. The molecule has 0 atom stereocenters. The fourth-order valence-corrected chi connectivity index (χ4v) is 0.777. The number of hydrogen-bond acceptors (Lipinski definition) is 2. The molecule has 0 aliphatic rings. The molecule has 2 nitrogen and oxygen atoms in total. The number of aryl methyl sites for hydroxylation is 1. The van der Waals surface area contributed by atoms with E-state index in [1.807, 2.05) is 31.2 Å². The van der Waals surface area contributed by atoms with E-state index < -0.39 is 0 Å². The zero-order valence-corrected chi connectivity index (χ0v) is 6.49. The molecule has 0 saturated carbocycles. The highest BCUT2D eigenvalue weighted by Gasteiger charge is 1.85. The third-order valence-electron chi connectivity index (χ3n) is 1.36. The predicted octanol–water partition coefficient (Wildman–Crippen LogP) is 1.69. The van der Waals surface area contributed by atoms with Crippen LogP contribution >= 0.6 is 0 Å². The topological polar surface area (TPSA) is 32.6 Å². The summed E-state index contributed by atoms with van der Waals surface area (Å²) in [5.74, 6) is 0. The average Bonchev–Trinajstić information content (AvgIpc) is 2.04. The van der Waals surface area contributed by atoms with Gasteiger partial charge in [0.2, 0.25) is 0 Å². The van der Waals surface area contributed by atoms with Gasteiger partial charge in [0.25, 0.3) is 0 Å². The first kappa shape index (κ1) is 7.95. The first-order chi connectivity index (χ1) is 5.33. The Morgan fingerprint density at radius 2 is 2.00 bits per heavy atom. The Morgan fingerprint density at radius 3 is 2.55 bits per heavy atom. The van der Waals surface area contributed by atoms with Gasteiger partial charge in [0.15, 0.2) is 0 Å². The van der Waals surface area contributed by atoms with Gasteiger partial charge in [0, 0.05) is 6.21 Å². The van der Waals surface area contributed by atoms with Gasteiger partial charge in [-0.05, 0) is 19.1 Å². The molecule has 58 valence electrons. The summed E-state index contributed by atoms with van der Waals surface area (Å²) >= 11 is 0. The van der Waals surface area contributed by atoms with Crippen molar-refractivity contribution in [1.82, 2.24) is 0 Å². The highest BCUT2D eigenvalue weighted by Crippen LogP contribution is 2.10. The smallest absolute Gasteiger partial charge is 0.0784 e. The van der Waals surface area contributed by atoms with Crippen molar-refractivity contribution in [3.05, 3.63) is 29.8 Å². The second kappa shape index (κ2) is 3.88. The molecule has 1 aromatic carbocycles. The minimum absolute atomic E-state index is 0.00607. The van der Waals surface area contributed by atoms with E-state index in [4.69, 9.17) is 5.11 Å². The van der Waals surface area contributed by atoms with Crippen LogP contribution in [0.2, 0.25) is 0 Å². The quantitative estimate of drug-likeness (QED) is 0.637. The van der Waals surface area contributed by atoms with Gasteiger partial charge < -0.3 is 5.11 Å². The zero-order valence-electron chi connectivity index (χ0n) is 6.49. The second-order valence-electron chi connectivity index (χ2n) is 2.33. The van der Waals surface area contributed by atoms with Gasteiger partial charge in [-0.3, -0.25) is 4.99 Å². The van der Waals surface area contributed by atoms with E-state index in [2.05, 4.69) is 4.99 Å². The lowest BCUT2D eigenvalue weighted by molar-refractivity contribution is 0.361. The molecule has 11 heavy (non-hydrogen) atoms. The molecule has 0 saturated heterocycles. The van der Waals surface area contributed by atoms with Gasteiger partial charge in [-0.2, -0.15) is 0 Å². The number of benzene rings is 1. The summed E-state index contributed by atoms with van der Waals surface area (Å²) in [4.78, 5) is 3.99. The first-order valence-electron chi connectivity index (χ1n) is 3.53. The molecule has 0 unspecified atom stereocenters. The SMILES string of the molecule is Cc1ccc(N=CCO)cc1. The Hall–Kier alpha value is -1.15. The first-order valence-corrected chi connectivity index (χ1v) is 3.53. The number of nitrogens with zero attached hydrogens (tertiary/aromatic N) is 1. The molecule has 0 fully saturated rings. The summed E-state index contributed by atoms with van der Waals surface area (Å²) in [6.07, 6.45) is 1.48. The third-order valence-corrected chi connectivity index (χ3v) is 1.36. The molecule has 0 heterocycles. The van der Waals surface area contributed by atoms with Crippen LogP contribution < -0.4 is 0 Å². The molecule has 0 aliphatic heterocycles. The molecule has 1 N–H and O–H groups in total. The predicted molar refractivity (Wildman–Crippen MR) is 46.4 cm³/mol. The van der Waals surface area contributed by atoms with Crippen LogP contribution in [0.1, 0.15) is 5.56 Å². The molecule has 0 aliphatic carbocycles. The summed E-state index contributed by atoms with van der Waals surface area (Å²) in [7, 11) is 0. The van der Waals surface area contributed by atoms with Gasteiger partial charge in [0.1, 0.15) is 0 Å². The van der Waals surface area contributed by atoms with Gasteiger partial charge in [0.05, 0.1) is 12.3 Å². The molecule has 1 aromatic rings. The maximum atomic E-state index is 8.43. The Bertz CT molecular complexity index is 238. The van der Waals surface area contributed by atoms with Gasteiger partial charge >= 0.3 is 0 Å². The van der Waals surface area contributed by atoms with Crippen LogP contribution in [0.5, 0.6) is 0 Å². The van der Waals surface area contributed by atoms with Crippen LogP contribution in [-0.2, 0) is 0 Å². The van der Waals surface area contributed by atoms with E-state index in [0.29, 0.717) is 0 Å². The number of aliphatic hydroxyl groups excluding tert-OH is 1. The Morgan fingerprint density at radius 1 is 1.36 bits per heavy atom. The molecule has 1 rings (SSSR count). The van der Waals surface area contributed by atoms with Crippen molar-refractivity contribution in [2.45, 2.75) is 6.92 Å². The van der Waals surface area contributed by atoms with E-state index in [9.17, 15) is 0 Å². The van der Waals surface area contributed by atoms with Crippen molar-refractivity contribution < 1.29 is 5.11 Å². The van der Waals surface area contributed by atoms with Crippen LogP contribution in [0, 0.1) is 6.92 Å². The Kier molecular flexibility index (Phi) is 2.81. The Balaban J connectivity index is 2.73. The van der Waals surface area contributed by atoms with Gasteiger partial charge in [-0.1, -0.05) is 17.7 Å². The van der Waals surface area contributed by atoms with Crippen LogP contribution in [-0.4, -0.2) is 17.9 Å². The lowest BCUT2D eigenvalue weighted by atomic mass is 10.2. The van der Waals surface area contributed by atoms with Crippen LogP contribution in [0.15, 0.2) is 29.3 Å². The van der Waals surface area contributed by atoms with Crippen LogP contribution in [0.25, 0.3) is 0 Å². The van der Waals surface area contributed by atoms with Gasteiger partial charge in [-0.25, -0.2) is 0 Å². The van der Waals surface area contributed by atoms with Crippen molar-refractivity contribution in [2.24, 2.45) is 4.99 Å². The third kappa shape index (κ3) is 2.51. The normalized spacial score (nSPS) is 10.7. The molecular weight excluding hydrogens is 138 g/mol. The molecule has 0 aromatic heterocycles. The number of rotatable bonds is 2. The lowest BCUT2D eigenvalue weighted by Crippen LogP contribution is -1.79. The molecule has 2 heteroatoms. The molecule has 0 amide bonds. The monoisotopic (exact) mass is 149 g/mol. The number of hydrogen-bond donors (Lipinski definition) is 1. The fraction of sp³-hybridized carbons (Fsp3) is 0.222. The van der Waals surface area contributed by atoms with Crippen molar-refractivity contribution in [2.75, 3.05) is 6.61 Å². The maximum Gasteiger partial charge on any atom is 0.0784 e.